The molecule has 24 heavy (non-hydrogen) atoms. The number of hydrogen-bond acceptors (Lipinski definition) is 5. The molecule has 3 rings (SSSR count). The summed E-state index contributed by atoms with van der Waals surface area (Å²) in [6, 6.07) is 9.88. The Morgan fingerprint density at radius 3 is 2.33 bits per heavy atom. The molecule has 0 bridgehead atoms. The maximum atomic E-state index is 13.2. The number of benzene rings is 1. The summed E-state index contributed by atoms with van der Waals surface area (Å²) in [5.74, 6) is -0.704. The van der Waals surface area contributed by atoms with Crippen LogP contribution in [0, 0.1) is 5.82 Å². The Bertz CT molecular complexity index is 882. The summed E-state index contributed by atoms with van der Waals surface area (Å²) in [4.78, 5) is 3.93. The molecule has 2 heterocycles. The molecular weight excluding hydrogens is 333 g/mol. The van der Waals surface area contributed by atoms with E-state index < -0.39 is 21.9 Å². The summed E-state index contributed by atoms with van der Waals surface area (Å²) < 4.78 is 45.3. The predicted molar refractivity (Wildman–Crippen MR) is 84.7 cm³/mol. The Labute approximate surface area is 138 Å². The predicted octanol–water partition coefficient (Wildman–Crippen LogP) is 2.42. The van der Waals surface area contributed by atoms with Crippen LogP contribution in [-0.2, 0) is 15.8 Å². The lowest BCUT2D eigenvalue weighted by atomic mass is 10.0. The van der Waals surface area contributed by atoms with Crippen LogP contribution in [0.15, 0.2) is 65.6 Å². The third-order valence-electron chi connectivity index (χ3n) is 3.37. The minimum absolute atomic E-state index is 0.301. The van der Waals surface area contributed by atoms with Gasteiger partial charge < -0.3 is 4.52 Å². The van der Waals surface area contributed by atoms with Gasteiger partial charge in [-0.1, -0.05) is 17.3 Å². The Hall–Kier alpha value is -2.58. The van der Waals surface area contributed by atoms with Crippen LogP contribution in [0.5, 0.6) is 0 Å². The van der Waals surface area contributed by atoms with E-state index in [0.717, 1.165) is 0 Å². The third kappa shape index (κ3) is 4.03. The second-order valence-electron chi connectivity index (χ2n) is 5.13. The Balaban J connectivity index is 1.91. The molecule has 0 fully saturated rings. The lowest BCUT2D eigenvalue weighted by Gasteiger charge is -2.19. The van der Waals surface area contributed by atoms with Gasteiger partial charge in [0.1, 0.15) is 17.8 Å². The highest BCUT2D eigenvalue weighted by Gasteiger charge is 2.22. The van der Waals surface area contributed by atoms with Crippen molar-refractivity contribution in [3.05, 3.63) is 83.8 Å². The number of aromatic nitrogens is 2. The van der Waals surface area contributed by atoms with E-state index in [-0.39, 0.29) is 5.75 Å². The van der Waals surface area contributed by atoms with Gasteiger partial charge in [0.25, 0.3) is 0 Å². The van der Waals surface area contributed by atoms with Crippen molar-refractivity contribution in [1.82, 2.24) is 14.9 Å². The number of rotatable bonds is 6. The van der Waals surface area contributed by atoms with E-state index >= 15 is 0 Å². The van der Waals surface area contributed by atoms with Crippen LogP contribution < -0.4 is 4.72 Å². The van der Waals surface area contributed by atoms with Crippen LogP contribution in [0.25, 0.3) is 0 Å². The van der Waals surface area contributed by atoms with Gasteiger partial charge in [-0.05, 0) is 35.4 Å². The van der Waals surface area contributed by atoms with Gasteiger partial charge in [-0.15, -0.1) is 0 Å². The molecule has 0 aliphatic heterocycles. The van der Waals surface area contributed by atoms with Gasteiger partial charge >= 0.3 is 0 Å². The van der Waals surface area contributed by atoms with Crippen LogP contribution in [0.4, 0.5) is 4.39 Å². The Kier molecular flexibility index (Phi) is 4.68. The number of nitrogens with zero attached hydrogens (tertiary/aromatic N) is 2. The zero-order chi connectivity index (χ0) is 17.0. The largest absolute Gasteiger partial charge is 0.364 e. The van der Waals surface area contributed by atoms with Crippen LogP contribution in [0.1, 0.15) is 22.9 Å². The lowest BCUT2D eigenvalue weighted by molar-refractivity contribution is 0.413. The molecule has 1 N–H and O–H groups in total. The molecule has 0 unspecified atom stereocenters. The minimum atomic E-state index is -3.70. The lowest BCUT2D eigenvalue weighted by Crippen LogP contribution is -2.30. The Morgan fingerprint density at radius 2 is 1.71 bits per heavy atom. The van der Waals surface area contributed by atoms with Gasteiger partial charge in [0.05, 0.1) is 11.7 Å². The van der Waals surface area contributed by atoms with Gasteiger partial charge in [-0.3, -0.25) is 4.98 Å². The smallest absolute Gasteiger partial charge is 0.218 e. The molecule has 0 aliphatic carbocycles. The van der Waals surface area contributed by atoms with E-state index in [4.69, 9.17) is 0 Å². The van der Waals surface area contributed by atoms with E-state index in [0.29, 0.717) is 16.8 Å². The van der Waals surface area contributed by atoms with Gasteiger partial charge in [0.15, 0.2) is 0 Å². The summed E-state index contributed by atoms with van der Waals surface area (Å²) in [6.45, 7) is 0. The average molecular weight is 347 g/mol. The Morgan fingerprint density at radius 1 is 1.04 bits per heavy atom. The highest BCUT2D eigenvalue weighted by Crippen LogP contribution is 2.23. The van der Waals surface area contributed by atoms with Crippen LogP contribution in [0.3, 0.4) is 0 Å². The minimum Gasteiger partial charge on any atom is -0.364 e. The topological polar surface area (TPSA) is 85.1 Å². The van der Waals surface area contributed by atoms with E-state index in [1.807, 2.05) is 0 Å². The highest BCUT2D eigenvalue weighted by molar-refractivity contribution is 7.88. The van der Waals surface area contributed by atoms with Crippen LogP contribution >= 0.6 is 0 Å². The molecule has 0 saturated heterocycles. The maximum absolute atomic E-state index is 13.2. The fourth-order valence-electron chi connectivity index (χ4n) is 2.27. The van der Waals surface area contributed by atoms with Crippen molar-refractivity contribution in [2.45, 2.75) is 11.8 Å². The molecular formula is C16H14FN3O3S. The highest BCUT2D eigenvalue weighted by atomic mass is 32.2. The van der Waals surface area contributed by atoms with E-state index in [1.54, 1.807) is 36.7 Å². The average Bonchev–Trinajstić information content (AvgIpc) is 3.07. The summed E-state index contributed by atoms with van der Waals surface area (Å²) in [5.41, 5.74) is 1.61. The second kappa shape index (κ2) is 6.90. The SMILES string of the molecule is O=S(=O)(Cc1ccon1)N[C@@H](c1ccncc1)c1ccc(F)cc1. The molecule has 8 heteroatoms. The fourth-order valence-corrected chi connectivity index (χ4v) is 3.52. The van der Waals surface area contributed by atoms with Crippen molar-refractivity contribution in [2.24, 2.45) is 0 Å². The molecule has 0 saturated carbocycles. The zero-order valence-electron chi connectivity index (χ0n) is 12.5. The number of sulfonamides is 1. The molecule has 0 aliphatic rings. The van der Waals surface area contributed by atoms with Gasteiger partial charge in [-0.25, -0.2) is 17.5 Å². The first-order valence-electron chi connectivity index (χ1n) is 7.08. The number of halogens is 1. The van der Waals surface area contributed by atoms with E-state index in [9.17, 15) is 12.8 Å². The van der Waals surface area contributed by atoms with Crippen molar-refractivity contribution in [1.29, 1.82) is 0 Å². The molecule has 0 radical (unpaired) electrons. The van der Waals surface area contributed by atoms with Crippen LogP contribution in [0.2, 0.25) is 0 Å². The summed E-state index contributed by atoms with van der Waals surface area (Å²) >= 11 is 0. The number of hydrogen-bond donors (Lipinski definition) is 1. The molecule has 0 spiro atoms. The van der Waals surface area contributed by atoms with Crippen molar-refractivity contribution < 1.29 is 17.3 Å². The number of nitrogens with one attached hydrogen (secondary N) is 1. The van der Waals surface area contributed by atoms with Crippen molar-refractivity contribution >= 4 is 10.0 Å². The molecule has 2 aromatic heterocycles. The maximum Gasteiger partial charge on any atom is 0.218 e. The summed E-state index contributed by atoms with van der Waals surface area (Å²) in [7, 11) is -3.70. The molecule has 0 amide bonds. The van der Waals surface area contributed by atoms with Crippen molar-refractivity contribution in [2.75, 3.05) is 0 Å². The normalized spacial score (nSPS) is 12.9. The van der Waals surface area contributed by atoms with Crippen LogP contribution in [-0.4, -0.2) is 18.6 Å². The van der Waals surface area contributed by atoms with Gasteiger partial charge in [0, 0.05) is 18.5 Å². The van der Waals surface area contributed by atoms with Gasteiger partial charge in [-0.2, -0.15) is 0 Å². The summed E-state index contributed by atoms with van der Waals surface area (Å²) in [6.07, 6.45) is 4.45. The zero-order valence-corrected chi connectivity index (χ0v) is 13.3. The molecule has 3 aromatic rings. The quantitative estimate of drug-likeness (QED) is 0.740. The van der Waals surface area contributed by atoms with E-state index in [1.165, 1.54) is 24.5 Å². The first kappa shape index (κ1) is 16.3. The monoisotopic (exact) mass is 347 g/mol. The molecule has 124 valence electrons. The fraction of sp³-hybridized carbons (Fsp3) is 0.125. The van der Waals surface area contributed by atoms with Gasteiger partial charge in [0.2, 0.25) is 10.0 Å². The first-order valence-corrected chi connectivity index (χ1v) is 8.73. The standard InChI is InChI=1S/C16H14FN3O3S/c17-14-3-1-12(2-4-14)16(13-5-8-18-9-6-13)20-24(21,22)11-15-7-10-23-19-15/h1-10,16,20H,11H2/t16-/m1/s1. The van der Waals surface area contributed by atoms with E-state index in [2.05, 4.69) is 19.4 Å². The summed E-state index contributed by atoms with van der Waals surface area (Å²) in [5, 5.41) is 3.61. The second-order valence-corrected chi connectivity index (χ2v) is 6.89. The third-order valence-corrected chi connectivity index (χ3v) is 4.64. The van der Waals surface area contributed by atoms with Crippen molar-refractivity contribution in [3.63, 3.8) is 0 Å². The molecule has 1 aromatic carbocycles. The molecule has 1 atom stereocenters. The first-order chi connectivity index (χ1) is 11.5. The number of pyridine rings is 1. The van der Waals surface area contributed by atoms with Crippen molar-refractivity contribution in [3.8, 4) is 0 Å². The molecule has 6 nitrogen and oxygen atoms in total.